The number of nitrogens with two attached hydrogens (primary N) is 1. The zero-order chi connectivity index (χ0) is 19.2. The smallest absolute Gasteiger partial charge is 0.240 e. The van der Waals surface area contributed by atoms with Gasteiger partial charge >= 0.3 is 0 Å². The van der Waals surface area contributed by atoms with Crippen LogP contribution in [0.1, 0.15) is 28.7 Å². The van der Waals surface area contributed by atoms with Gasteiger partial charge in [-0.25, -0.2) is 0 Å². The Bertz CT molecular complexity index is 1030. The van der Waals surface area contributed by atoms with Crippen LogP contribution >= 0.6 is 11.6 Å². The molecule has 2 N–H and O–H groups in total. The maximum absolute atomic E-state index is 12.5. The summed E-state index contributed by atoms with van der Waals surface area (Å²) in [5.74, 6) is -1.37. The molecule has 0 spiro atoms. The van der Waals surface area contributed by atoms with E-state index < -0.39 is 29.3 Å². The van der Waals surface area contributed by atoms with Gasteiger partial charge in [-0.2, -0.15) is 10.5 Å². The molecule has 2 aliphatic heterocycles. The number of benzene rings is 2. The van der Waals surface area contributed by atoms with Crippen molar-refractivity contribution in [2.24, 2.45) is 11.1 Å². The number of nitrogens with zero attached hydrogens (tertiary/aromatic N) is 3. The van der Waals surface area contributed by atoms with Gasteiger partial charge < -0.3 is 10.6 Å². The summed E-state index contributed by atoms with van der Waals surface area (Å²) in [6.07, 6.45) is 3.62. The Hall–Kier alpha value is -3.28. The minimum absolute atomic E-state index is 0.403. The Labute approximate surface area is 161 Å². The van der Waals surface area contributed by atoms with E-state index in [9.17, 15) is 15.3 Å². The zero-order valence-corrected chi connectivity index (χ0v) is 15.0. The summed E-state index contributed by atoms with van der Waals surface area (Å²) < 4.78 is 0. The van der Waals surface area contributed by atoms with Crippen molar-refractivity contribution in [3.05, 3.63) is 76.4 Å². The lowest BCUT2D eigenvalue weighted by molar-refractivity contribution is -0.122. The summed E-state index contributed by atoms with van der Waals surface area (Å²) in [5, 5.41) is 20.8. The van der Waals surface area contributed by atoms with E-state index in [-0.39, 0.29) is 0 Å². The van der Waals surface area contributed by atoms with Gasteiger partial charge in [0.25, 0.3) is 0 Å². The number of amides is 1. The highest BCUT2D eigenvalue weighted by atomic mass is 35.5. The molecule has 6 heteroatoms. The molecule has 4 rings (SSSR count). The molecular weight excluding hydrogens is 360 g/mol. The van der Waals surface area contributed by atoms with E-state index in [4.69, 9.17) is 17.3 Å². The molecule has 0 aromatic heterocycles. The molecule has 1 amide bonds. The normalized spacial score (nSPS) is 24.4. The fourth-order valence-electron chi connectivity index (χ4n) is 4.39. The highest BCUT2D eigenvalue weighted by molar-refractivity contribution is 6.31. The summed E-state index contributed by atoms with van der Waals surface area (Å²) in [4.78, 5) is 14.2. The van der Waals surface area contributed by atoms with Crippen LogP contribution in [-0.2, 0) is 4.79 Å². The number of carbonyl (C=O) groups is 1. The Morgan fingerprint density at radius 2 is 1.70 bits per heavy atom. The number of carbonyl (C=O) groups excluding carboxylic acids is 1. The molecule has 0 aliphatic carbocycles. The molecule has 2 aliphatic rings. The third kappa shape index (κ3) is 2.26. The van der Waals surface area contributed by atoms with Gasteiger partial charge in [-0.05, 0) is 28.8 Å². The molecule has 27 heavy (non-hydrogen) atoms. The van der Waals surface area contributed by atoms with Crippen molar-refractivity contribution in [1.82, 2.24) is 4.90 Å². The average Bonchev–Trinajstić information content (AvgIpc) is 2.99. The van der Waals surface area contributed by atoms with Crippen LogP contribution < -0.4 is 5.73 Å². The lowest BCUT2D eigenvalue weighted by Crippen LogP contribution is -2.41. The number of halogens is 1. The predicted molar refractivity (Wildman–Crippen MR) is 101 cm³/mol. The largest absolute Gasteiger partial charge is 0.368 e. The van der Waals surface area contributed by atoms with E-state index in [0.29, 0.717) is 10.6 Å². The second kappa shape index (κ2) is 6.16. The fraction of sp³-hybridized carbons (Fsp3) is 0.190. The van der Waals surface area contributed by atoms with Gasteiger partial charge in [-0.1, -0.05) is 54.1 Å². The molecule has 0 unspecified atom stereocenters. The summed E-state index contributed by atoms with van der Waals surface area (Å²) in [6, 6.07) is 17.5. The van der Waals surface area contributed by atoms with E-state index in [1.54, 1.807) is 35.4 Å². The van der Waals surface area contributed by atoms with Gasteiger partial charge in [0.05, 0.1) is 18.2 Å². The predicted octanol–water partition coefficient (Wildman–Crippen LogP) is 3.35. The summed E-state index contributed by atoms with van der Waals surface area (Å²) >= 11 is 6.41. The minimum atomic E-state index is -1.52. The van der Waals surface area contributed by atoms with E-state index >= 15 is 0 Å². The van der Waals surface area contributed by atoms with Crippen LogP contribution in [0.5, 0.6) is 0 Å². The second-order valence-electron chi connectivity index (χ2n) is 6.73. The summed E-state index contributed by atoms with van der Waals surface area (Å²) in [5.41, 5.74) is 6.55. The third-order valence-electron chi connectivity index (χ3n) is 5.48. The number of hydrogen-bond acceptors (Lipinski definition) is 4. The highest BCUT2D eigenvalue weighted by Gasteiger charge is 2.63. The first kappa shape index (κ1) is 17.1. The van der Waals surface area contributed by atoms with Gasteiger partial charge in [0.1, 0.15) is 6.04 Å². The third-order valence-corrected chi connectivity index (χ3v) is 5.82. The van der Waals surface area contributed by atoms with Crippen molar-refractivity contribution < 1.29 is 4.79 Å². The van der Waals surface area contributed by atoms with Crippen molar-refractivity contribution in [2.45, 2.75) is 18.0 Å². The molecule has 1 fully saturated rings. The molecule has 3 atom stereocenters. The number of rotatable bonds is 2. The highest BCUT2D eigenvalue weighted by Crippen LogP contribution is 2.60. The Kier molecular flexibility index (Phi) is 3.91. The van der Waals surface area contributed by atoms with Crippen molar-refractivity contribution in [3.8, 4) is 12.1 Å². The topological polar surface area (TPSA) is 93.9 Å². The lowest BCUT2D eigenvalue weighted by Gasteiger charge is -2.34. The van der Waals surface area contributed by atoms with Crippen LogP contribution in [0, 0.1) is 28.1 Å². The summed E-state index contributed by atoms with van der Waals surface area (Å²) in [7, 11) is 0. The van der Waals surface area contributed by atoms with Crippen molar-refractivity contribution in [1.29, 1.82) is 10.5 Å². The monoisotopic (exact) mass is 374 g/mol. The molecule has 0 bridgehead atoms. The number of nitriles is 2. The van der Waals surface area contributed by atoms with Crippen molar-refractivity contribution in [3.63, 3.8) is 0 Å². The molecule has 2 aromatic rings. The summed E-state index contributed by atoms with van der Waals surface area (Å²) in [6.45, 7) is 0. The minimum Gasteiger partial charge on any atom is -0.368 e. The molecule has 1 saturated heterocycles. The van der Waals surface area contributed by atoms with Crippen molar-refractivity contribution >= 4 is 23.6 Å². The Balaban J connectivity index is 2.04. The van der Waals surface area contributed by atoms with Crippen LogP contribution in [0.25, 0.3) is 6.08 Å². The number of primary amides is 1. The van der Waals surface area contributed by atoms with Gasteiger partial charge in [0.15, 0.2) is 5.41 Å². The standard InChI is InChI=1S/C21H15ClN4O/c22-16-8-4-3-7-15(16)17-18(20(25)27)26-10-9-13-5-1-2-6-14(13)19(26)21(17,11-23)12-24/h1-10,17-19H,(H2,25,27)/t17-,18+,19-/m0/s1. The first-order chi connectivity index (χ1) is 13.0. The molecule has 0 radical (unpaired) electrons. The Morgan fingerprint density at radius 1 is 1.07 bits per heavy atom. The van der Waals surface area contributed by atoms with Crippen LogP contribution in [0.15, 0.2) is 54.7 Å². The maximum atomic E-state index is 12.5. The molecule has 5 nitrogen and oxygen atoms in total. The van der Waals surface area contributed by atoms with Crippen LogP contribution in [0.4, 0.5) is 0 Å². The van der Waals surface area contributed by atoms with Crippen LogP contribution in [0.3, 0.4) is 0 Å². The van der Waals surface area contributed by atoms with E-state index in [1.807, 2.05) is 30.3 Å². The first-order valence-electron chi connectivity index (χ1n) is 8.46. The van der Waals surface area contributed by atoms with Gasteiger partial charge in [-0.3, -0.25) is 4.79 Å². The average molecular weight is 375 g/mol. The van der Waals surface area contributed by atoms with Gasteiger partial charge in [-0.15, -0.1) is 0 Å². The maximum Gasteiger partial charge on any atom is 0.240 e. The molecule has 0 saturated carbocycles. The molecule has 132 valence electrons. The second-order valence-corrected chi connectivity index (χ2v) is 7.14. The fourth-order valence-corrected chi connectivity index (χ4v) is 4.64. The van der Waals surface area contributed by atoms with E-state index in [2.05, 4.69) is 12.1 Å². The van der Waals surface area contributed by atoms with Crippen LogP contribution in [0.2, 0.25) is 5.02 Å². The van der Waals surface area contributed by atoms with Gasteiger partial charge in [0.2, 0.25) is 5.91 Å². The zero-order valence-electron chi connectivity index (χ0n) is 14.2. The van der Waals surface area contributed by atoms with Gasteiger partial charge in [0, 0.05) is 17.1 Å². The SMILES string of the molecule is N#CC1(C#N)[C@@H]2c3ccccc3C=CN2[C@@H](C(N)=O)[C@@H]1c1ccccc1Cl. The first-order valence-corrected chi connectivity index (χ1v) is 8.83. The lowest BCUT2D eigenvalue weighted by atomic mass is 9.68. The molecular formula is C21H15ClN4O. The van der Waals surface area contributed by atoms with Crippen LogP contribution in [-0.4, -0.2) is 16.8 Å². The Morgan fingerprint density at radius 3 is 2.33 bits per heavy atom. The van der Waals surface area contributed by atoms with Crippen molar-refractivity contribution in [2.75, 3.05) is 0 Å². The quantitative estimate of drug-likeness (QED) is 0.872. The number of fused-ring (bicyclic) bond motifs is 3. The van der Waals surface area contributed by atoms with E-state index in [1.165, 1.54) is 0 Å². The molecule has 2 heterocycles. The number of hydrogen-bond donors (Lipinski definition) is 1. The van der Waals surface area contributed by atoms with E-state index in [0.717, 1.165) is 11.1 Å². The molecule has 2 aromatic carbocycles.